The number of amides is 3. The SMILES string of the molecule is O=C(CCN1C(=O)[C@@H]2[C@H](C1=O)[C@H]1C=C[C@H]2C1)Nc1ccc(OCc2ccccc2)cc1. The van der Waals surface area contributed by atoms with Crippen LogP contribution in [0.5, 0.6) is 5.75 Å². The molecule has 2 fully saturated rings. The Hall–Kier alpha value is -3.41. The Morgan fingerprint density at radius 3 is 2.23 bits per heavy atom. The average Bonchev–Trinajstić information content (AvgIpc) is 3.47. The van der Waals surface area contributed by atoms with Crippen LogP contribution in [-0.4, -0.2) is 29.2 Å². The van der Waals surface area contributed by atoms with Crippen molar-refractivity contribution in [2.45, 2.75) is 19.4 Å². The molecule has 1 aliphatic heterocycles. The molecular formula is C25H24N2O4. The van der Waals surface area contributed by atoms with Crippen molar-refractivity contribution in [1.29, 1.82) is 0 Å². The van der Waals surface area contributed by atoms with Gasteiger partial charge in [0.15, 0.2) is 0 Å². The van der Waals surface area contributed by atoms with Crippen molar-refractivity contribution in [2.75, 3.05) is 11.9 Å². The maximum absolute atomic E-state index is 12.7. The quantitative estimate of drug-likeness (QED) is 0.555. The highest BCUT2D eigenvalue weighted by Crippen LogP contribution is 2.52. The Kier molecular flexibility index (Phi) is 5.06. The standard InChI is InChI=1S/C25H24N2O4/c28-21(12-13-27-24(29)22-17-6-7-18(14-17)23(22)25(27)30)26-19-8-10-20(11-9-19)31-15-16-4-2-1-3-5-16/h1-11,17-18,22-23H,12-15H2,(H,26,28)/t17-,18-,22-,23+/m0/s1. The minimum atomic E-state index is -0.225. The summed E-state index contributed by atoms with van der Waals surface area (Å²) in [5.41, 5.74) is 1.73. The molecular weight excluding hydrogens is 392 g/mol. The van der Waals surface area contributed by atoms with Gasteiger partial charge in [0.05, 0.1) is 11.8 Å². The molecule has 2 aromatic rings. The number of carbonyl (C=O) groups is 3. The number of imide groups is 1. The van der Waals surface area contributed by atoms with Crippen molar-refractivity contribution in [2.24, 2.45) is 23.7 Å². The Morgan fingerprint density at radius 2 is 1.58 bits per heavy atom. The lowest BCUT2D eigenvalue weighted by atomic mass is 9.85. The number of likely N-dealkylation sites (tertiary alicyclic amines) is 1. The van der Waals surface area contributed by atoms with E-state index in [2.05, 4.69) is 17.5 Å². The lowest BCUT2D eigenvalue weighted by Gasteiger charge is -2.17. The smallest absolute Gasteiger partial charge is 0.233 e. The van der Waals surface area contributed by atoms with Gasteiger partial charge in [0.1, 0.15) is 12.4 Å². The molecule has 1 N–H and O–H groups in total. The molecule has 6 heteroatoms. The van der Waals surface area contributed by atoms with Crippen molar-refractivity contribution < 1.29 is 19.1 Å². The summed E-state index contributed by atoms with van der Waals surface area (Å²) in [6, 6.07) is 17.0. The molecule has 0 radical (unpaired) electrons. The molecule has 1 saturated heterocycles. The summed E-state index contributed by atoms with van der Waals surface area (Å²) >= 11 is 0. The van der Waals surface area contributed by atoms with Crippen LogP contribution in [0.25, 0.3) is 0 Å². The number of allylic oxidation sites excluding steroid dienone is 2. The van der Waals surface area contributed by atoms with Crippen molar-refractivity contribution in [1.82, 2.24) is 4.90 Å². The molecule has 5 rings (SSSR count). The van der Waals surface area contributed by atoms with Crippen LogP contribution in [0.2, 0.25) is 0 Å². The molecule has 4 atom stereocenters. The number of hydrogen-bond donors (Lipinski definition) is 1. The average molecular weight is 416 g/mol. The summed E-state index contributed by atoms with van der Waals surface area (Å²) in [5.74, 6) is 0.213. The molecule has 3 amide bonds. The van der Waals surface area contributed by atoms with Gasteiger partial charge in [-0.1, -0.05) is 42.5 Å². The van der Waals surface area contributed by atoms with Gasteiger partial charge < -0.3 is 10.1 Å². The van der Waals surface area contributed by atoms with Gasteiger partial charge in [-0.05, 0) is 48.1 Å². The Labute approximate surface area is 180 Å². The minimum absolute atomic E-state index is 0.0892. The van der Waals surface area contributed by atoms with E-state index in [0.717, 1.165) is 12.0 Å². The van der Waals surface area contributed by atoms with Crippen LogP contribution in [0.3, 0.4) is 0 Å². The van der Waals surface area contributed by atoms with E-state index < -0.39 is 0 Å². The normalized spacial score (nSPS) is 25.7. The Balaban J connectivity index is 1.11. The number of carbonyl (C=O) groups excluding carboxylic acids is 3. The van der Waals surface area contributed by atoms with Crippen LogP contribution in [0.1, 0.15) is 18.4 Å². The number of nitrogens with one attached hydrogen (secondary N) is 1. The molecule has 1 saturated carbocycles. The summed E-state index contributed by atoms with van der Waals surface area (Å²) in [5, 5.41) is 2.82. The zero-order valence-corrected chi connectivity index (χ0v) is 17.1. The largest absolute Gasteiger partial charge is 0.489 e. The third-order valence-corrected chi connectivity index (χ3v) is 6.51. The van der Waals surface area contributed by atoms with Gasteiger partial charge >= 0.3 is 0 Å². The van der Waals surface area contributed by atoms with Gasteiger partial charge in [0.25, 0.3) is 0 Å². The predicted octanol–water partition coefficient (Wildman–Crippen LogP) is 3.40. The van der Waals surface area contributed by atoms with Crippen molar-refractivity contribution in [3.05, 3.63) is 72.3 Å². The summed E-state index contributed by atoms with van der Waals surface area (Å²) < 4.78 is 5.75. The fourth-order valence-electron chi connectivity index (χ4n) is 5.00. The summed E-state index contributed by atoms with van der Waals surface area (Å²) in [4.78, 5) is 39.0. The van der Waals surface area contributed by atoms with E-state index in [1.54, 1.807) is 24.3 Å². The second-order valence-corrected chi connectivity index (χ2v) is 8.42. The molecule has 158 valence electrons. The highest BCUT2D eigenvalue weighted by molar-refractivity contribution is 6.06. The van der Waals surface area contributed by atoms with Crippen molar-refractivity contribution in [3.8, 4) is 5.75 Å². The molecule has 6 nitrogen and oxygen atoms in total. The minimum Gasteiger partial charge on any atom is -0.489 e. The molecule has 0 aromatic heterocycles. The molecule has 0 spiro atoms. The number of nitrogens with zero attached hydrogens (tertiary/aromatic N) is 1. The molecule has 2 aromatic carbocycles. The first-order valence-electron chi connectivity index (χ1n) is 10.7. The number of hydrogen-bond acceptors (Lipinski definition) is 4. The maximum Gasteiger partial charge on any atom is 0.233 e. The number of anilines is 1. The highest BCUT2D eigenvalue weighted by atomic mass is 16.5. The van der Waals surface area contributed by atoms with Crippen LogP contribution in [-0.2, 0) is 21.0 Å². The van der Waals surface area contributed by atoms with E-state index in [0.29, 0.717) is 18.0 Å². The zero-order valence-electron chi connectivity index (χ0n) is 17.1. The van der Waals surface area contributed by atoms with Crippen LogP contribution in [0.15, 0.2) is 66.7 Å². The van der Waals surface area contributed by atoms with Crippen LogP contribution in [0.4, 0.5) is 5.69 Å². The third kappa shape index (κ3) is 3.74. The first kappa shape index (κ1) is 19.5. The summed E-state index contributed by atoms with van der Waals surface area (Å²) in [6.45, 7) is 0.609. The number of benzene rings is 2. The van der Waals surface area contributed by atoms with Crippen molar-refractivity contribution >= 4 is 23.4 Å². The fraction of sp³-hybridized carbons (Fsp3) is 0.320. The van der Waals surface area contributed by atoms with E-state index in [1.165, 1.54) is 4.90 Å². The van der Waals surface area contributed by atoms with Gasteiger partial charge in [-0.25, -0.2) is 0 Å². The van der Waals surface area contributed by atoms with Gasteiger partial charge in [0.2, 0.25) is 17.7 Å². The van der Waals surface area contributed by atoms with Crippen LogP contribution in [0, 0.1) is 23.7 Å². The second-order valence-electron chi connectivity index (χ2n) is 8.42. The first-order chi connectivity index (χ1) is 15.1. The van der Waals surface area contributed by atoms with E-state index >= 15 is 0 Å². The third-order valence-electron chi connectivity index (χ3n) is 6.51. The molecule has 2 bridgehead atoms. The monoisotopic (exact) mass is 416 g/mol. The maximum atomic E-state index is 12.7. The predicted molar refractivity (Wildman–Crippen MR) is 115 cm³/mol. The number of fused-ring (bicyclic) bond motifs is 5. The Bertz CT molecular complexity index is 1000. The van der Waals surface area contributed by atoms with E-state index in [9.17, 15) is 14.4 Å². The molecule has 1 heterocycles. The van der Waals surface area contributed by atoms with E-state index in [4.69, 9.17) is 4.74 Å². The summed E-state index contributed by atoms with van der Waals surface area (Å²) in [6.07, 6.45) is 5.14. The topological polar surface area (TPSA) is 75.7 Å². The van der Waals surface area contributed by atoms with E-state index in [1.807, 2.05) is 30.3 Å². The van der Waals surface area contributed by atoms with E-state index in [-0.39, 0.29) is 54.4 Å². The molecule has 0 unspecified atom stereocenters. The first-order valence-corrected chi connectivity index (χ1v) is 10.7. The molecule has 31 heavy (non-hydrogen) atoms. The van der Waals surface area contributed by atoms with Gasteiger partial charge in [-0.2, -0.15) is 0 Å². The van der Waals surface area contributed by atoms with Crippen LogP contribution >= 0.6 is 0 Å². The lowest BCUT2D eigenvalue weighted by molar-refractivity contribution is -0.140. The highest BCUT2D eigenvalue weighted by Gasteiger charge is 2.58. The fourth-order valence-corrected chi connectivity index (χ4v) is 5.00. The van der Waals surface area contributed by atoms with Crippen molar-refractivity contribution in [3.63, 3.8) is 0 Å². The lowest BCUT2D eigenvalue weighted by Crippen LogP contribution is -2.35. The zero-order chi connectivity index (χ0) is 21.4. The number of rotatable bonds is 7. The molecule has 3 aliphatic rings. The second kappa shape index (κ2) is 8.02. The van der Waals surface area contributed by atoms with Gasteiger partial charge in [0, 0.05) is 18.7 Å². The van der Waals surface area contributed by atoms with Crippen LogP contribution < -0.4 is 10.1 Å². The Morgan fingerprint density at radius 1 is 0.935 bits per heavy atom. The van der Waals surface area contributed by atoms with Gasteiger partial charge in [-0.3, -0.25) is 19.3 Å². The summed E-state index contributed by atoms with van der Waals surface area (Å²) in [7, 11) is 0. The van der Waals surface area contributed by atoms with Gasteiger partial charge in [-0.15, -0.1) is 0 Å². The molecule has 2 aliphatic carbocycles. The number of ether oxygens (including phenoxy) is 1.